The van der Waals surface area contributed by atoms with Crippen molar-refractivity contribution < 1.29 is 4.79 Å². The van der Waals surface area contributed by atoms with Crippen LogP contribution in [0.1, 0.15) is 40.0 Å². The molecule has 21 heavy (non-hydrogen) atoms. The lowest BCUT2D eigenvalue weighted by molar-refractivity contribution is -0.111. The fourth-order valence-corrected chi connectivity index (χ4v) is 2.90. The molecule has 1 aromatic heterocycles. The number of pyridine rings is 1. The highest BCUT2D eigenvalue weighted by Gasteiger charge is 2.26. The van der Waals surface area contributed by atoms with Crippen LogP contribution >= 0.6 is 11.6 Å². The maximum Gasteiger partial charge on any atom is 0.249 e. The molecule has 3 nitrogen and oxygen atoms in total. The van der Waals surface area contributed by atoms with Crippen molar-refractivity contribution in [2.75, 3.05) is 5.32 Å². The summed E-state index contributed by atoms with van der Waals surface area (Å²) in [6.07, 6.45) is 8.53. The summed E-state index contributed by atoms with van der Waals surface area (Å²) in [6.45, 7) is 6.61. The minimum Gasteiger partial charge on any atom is -0.307 e. The summed E-state index contributed by atoms with van der Waals surface area (Å²) in [5, 5.41) is 3.28. The van der Waals surface area contributed by atoms with Gasteiger partial charge in [0, 0.05) is 12.3 Å². The van der Waals surface area contributed by atoms with E-state index < -0.39 is 0 Å². The van der Waals surface area contributed by atoms with Crippen LogP contribution in [-0.2, 0) is 4.79 Å². The zero-order valence-corrected chi connectivity index (χ0v) is 13.5. The molecular weight excluding hydrogens is 284 g/mol. The van der Waals surface area contributed by atoms with Gasteiger partial charge in [0.25, 0.3) is 0 Å². The number of nitrogens with zero attached hydrogens (tertiary/aromatic N) is 1. The predicted octanol–water partition coefficient (Wildman–Crippen LogP) is 4.76. The molecule has 1 amide bonds. The summed E-state index contributed by atoms with van der Waals surface area (Å²) in [7, 11) is 0. The summed E-state index contributed by atoms with van der Waals surface area (Å²) >= 11 is 5.76. The average molecular weight is 305 g/mol. The Morgan fingerprint density at radius 3 is 2.81 bits per heavy atom. The summed E-state index contributed by atoms with van der Waals surface area (Å²) in [6, 6.07) is 3.38. The Morgan fingerprint density at radius 1 is 1.43 bits per heavy atom. The van der Waals surface area contributed by atoms with E-state index in [1.54, 1.807) is 18.2 Å². The number of halogens is 1. The molecule has 1 N–H and O–H groups in total. The van der Waals surface area contributed by atoms with E-state index in [0.29, 0.717) is 10.8 Å². The van der Waals surface area contributed by atoms with Crippen LogP contribution in [0.5, 0.6) is 0 Å². The van der Waals surface area contributed by atoms with Gasteiger partial charge in [0.15, 0.2) is 0 Å². The van der Waals surface area contributed by atoms with Crippen LogP contribution in [0, 0.1) is 5.41 Å². The molecule has 112 valence electrons. The lowest BCUT2D eigenvalue weighted by Gasteiger charge is -2.32. The van der Waals surface area contributed by atoms with Gasteiger partial charge in [0.2, 0.25) is 5.91 Å². The highest BCUT2D eigenvalue weighted by Crippen LogP contribution is 2.40. The smallest absolute Gasteiger partial charge is 0.249 e. The molecule has 0 spiro atoms. The Kier molecular flexibility index (Phi) is 4.84. The van der Waals surface area contributed by atoms with Crippen molar-refractivity contribution in [1.82, 2.24) is 4.98 Å². The SMILES string of the molecule is CC1=C(/C=C/C(=O)Nc2ccc(Cl)cn2)C(C)(C)CCC1. The molecule has 4 heteroatoms. The Bertz CT molecular complexity index is 585. The normalized spacial score (nSPS) is 18.1. The monoisotopic (exact) mass is 304 g/mol. The number of carbonyl (C=O) groups excluding carboxylic acids is 1. The van der Waals surface area contributed by atoms with E-state index in [2.05, 4.69) is 31.1 Å². The standard InChI is InChI=1S/C17H21ClN2O/c1-12-5-4-10-17(2,3)14(12)7-9-16(21)20-15-8-6-13(18)11-19-15/h6-9,11H,4-5,10H2,1-3H3,(H,19,20,21)/b9-7+. The second-order valence-corrected chi connectivity index (χ2v) is 6.55. The third kappa shape index (κ3) is 4.18. The van der Waals surface area contributed by atoms with Crippen molar-refractivity contribution >= 4 is 23.3 Å². The topological polar surface area (TPSA) is 42.0 Å². The van der Waals surface area contributed by atoms with Gasteiger partial charge in [-0.05, 0) is 49.3 Å². The predicted molar refractivity (Wildman–Crippen MR) is 87.3 cm³/mol. The molecule has 0 radical (unpaired) electrons. The summed E-state index contributed by atoms with van der Waals surface area (Å²) in [4.78, 5) is 16.0. The highest BCUT2D eigenvalue weighted by atomic mass is 35.5. The maximum absolute atomic E-state index is 12.0. The zero-order valence-electron chi connectivity index (χ0n) is 12.7. The lowest BCUT2D eigenvalue weighted by atomic mass is 9.72. The maximum atomic E-state index is 12.0. The van der Waals surface area contributed by atoms with Crippen LogP contribution in [0.3, 0.4) is 0 Å². The summed E-state index contributed by atoms with van der Waals surface area (Å²) < 4.78 is 0. The second-order valence-electron chi connectivity index (χ2n) is 6.12. The average Bonchev–Trinajstić information content (AvgIpc) is 2.40. The number of hydrogen-bond acceptors (Lipinski definition) is 2. The molecule has 0 fully saturated rings. The van der Waals surface area contributed by atoms with Gasteiger partial charge in [-0.25, -0.2) is 4.98 Å². The largest absolute Gasteiger partial charge is 0.307 e. The third-order valence-electron chi connectivity index (χ3n) is 3.92. The molecule has 1 heterocycles. The van der Waals surface area contributed by atoms with E-state index in [1.807, 2.05) is 6.08 Å². The molecule has 0 atom stereocenters. The van der Waals surface area contributed by atoms with Crippen molar-refractivity contribution in [2.24, 2.45) is 5.41 Å². The molecule has 0 unspecified atom stereocenters. The van der Waals surface area contributed by atoms with E-state index in [0.717, 1.165) is 12.8 Å². The molecule has 0 aliphatic heterocycles. The van der Waals surface area contributed by atoms with Gasteiger partial charge in [-0.1, -0.05) is 37.1 Å². The fourth-order valence-electron chi connectivity index (χ4n) is 2.79. The minimum atomic E-state index is -0.175. The van der Waals surface area contributed by atoms with Gasteiger partial charge >= 0.3 is 0 Å². The van der Waals surface area contributed by atoms with Crippen molar-refractivity contribution in [3.8, 4) is 0 Å². The summed E-state index contributed by atoms with van der Waals surface area (Å²) in [5.41, 5.74) is 2.78. The van der Waals surface area contributed by atoms with Crippen molar-refractivity contribution in [2.45, 2.75) is 40.0 Å². The molecule has 0 aromatic carbocycles. The first kappa shape index (κ1) is 15.8. The van der Waals surface area contributed by atoms with Gasteiger partial charge in [0.1, 0.15) is 5.82 Å². The van der Waals surface area contributed by atoms with Gasteiger partial charge in [-0.3, -0.25) is 4.79 Å². The van der Waals surface area contributed by atoms with Crippen LogP contribution in [0.2, 0.25) is 5.02 Å². The first-order chi connectivity index (χ1) is 9.88. The number of aromatic nitrogens is 1. The molecule has 1 aliphatic rings. The molecular formula is C17H21ClN2O. The van der Waals surface area contributed by atoms with Gasteiger partial charge < -0.3 is 5.32 Å². The van der Waals surface area contributed by atoms with Crippen LogP contribution in [0.15, 0.2) is 41.6 Å². The number of allylic oxidation sites excluding steroid dienone is 3. The molecule has 0 saturated carbocycles. The van der Waals surface area contributed by atoms with Crippen molar-refractivity contribution in [3.05, 3.63) is 46.7 Å². The second kappa shape index (κ2) is 6.44. The van der Waals surface area contributed by atoms with Gasteiger partial charge in [-0.15, -0.1) is 0 Å². The van der Waals surface area contributed by atoms with E-state index >= 15 is 0 Å². The van der Waals surface area contributed by atoms with Crippen molar-refractivity contribution in [1.29, 1.82) is 0 Å². The number of amides is 1. The Labute approximate surface area is 131 Å². The van der Waals surface area contributed by atoms with Gasteiger partial charge in [0.05, 0.1) is 5.02 Å². The van der Waals surface area contributed by atoms with Gasteiger partial charge in [-0.2, -0.15) is 0 Å². The summed E-state index contributed by atoms with van der Waals surface area (Å²) in [5.74, 6) is 0.328. The lowest BCUT2D eigenvalue weighted by Crippen LogP contribution is -2.19. The molecule has 1 aromatic rings. The molecule has 0 saturated heterocycles. The third-order valence-corrected chi connectivity index (χ3v) is 4.15. The Hall–Kier alpha value is -1.61. The van der Waals surface area contributed by atoms with E-state index in [4.69, 9.17) is 11.6 Å². The quantitative estimate of drug-likeness (QED) is 0.818. The number of carbonyl (C=O) groups is 1. The van der Waals surface area contributed by atoms with E-state index in [1.165, 1.54) is 23.8 Å². The Balaban J connectivity index is 2.06. The molecule has 2 rings (SSSR count). The molecule has 1 aliphatic carbocycles. The number of nitrogens with one attached hydrogen (secondary N) is 1. The van der Waals surface area contributed by atoms with Crippen LogP contribution in [-0.4, -0.2) is 10.9 Å². The van der Waals surface area contributed by atoms with E-state index in [9.17, 15) is 4.79 Å². The van der Waals surface area contributed by atoms with E-state index in [-0.39, 0.29) is 11.3 Å². The van der Waals surface area contributed by atoms with Crippen LogP contribution < -0.4 is 5.32 Å². The zero-order chi connectivity index (χ0) is 15.5. The highest BCUT2D eigenvalue weighted by molar-refractivity contribution is 6.30. The van der Waals surface area contributed by atoms with Crippen LogP contribution in [0.4, 0.5) is 5.82 Å². The first-order valence-electron chi connectivity index (χ1n) is 7.19. The first-order valence-corrected chi connectivity index (χ1v) is 7.57. The number of anilines is 1. The fraction of sp³-hybridized carbons (Fsp3) is 0.412. The van der Waals surface area contributed by atoms with Crippen molar-refractivity contribution in [3.63, 3.8) is 0 Å². The molecule has 0 bridgehead atoms. The number of rotatable bonds is 3. The number of hydrogen-bond donors (Lipinski definition) is 1. The van der Waals surface area contributed by atoms with Crippen LogP contribution in [0.25, 0.3) is 0 Å². The minimum absolute atomic E-state index is 0.137. The Morgan fingerprint density at radius 2 is 2.19 bits per heavy atom.